The molecule has 0 saturated heterocycles. The van der Waals surface area contributed by atoms with E-state index in [9.17, 15) is 0 Å². The van der Waals surface area contributed by atoms with Crippen LogP contribution in [0.15, 0.2) is 35.5 Å². The van der Waals surface area contributed by atoms with Gasteiger partial charge in [0.1, 0.15) is 18.1 Å². The number of aryl methyl sites for hydroxylation is 1. The van der Waals surface area contributed by atoms with E-state index in [2.05, 4.69) is 29.0 Å². The van der Waals surface area contributed by atoms with Crippen LogP contribution in [-0.2, 0) is 6.42 Å². The minimum absolute atomic E-state index is 0.582. The highest BCUT2D eigenvalue weighted by Gasteiger charge is 2.06. The fraction of sp³-hybridized carbons (Fsp3) is 0.474. The van der Waals surface area contributed by atoms with Gasteiger partial charge in [-0.2, -0.15) is 0 Å². The number of hydrogen-bond donors (Lipinski definition) is 1. The standard InChI is InChI=1S/C19H28N4O2S/c1-5-20-19(21-11-10-18-22-14-15(2)26-18)23(3)12-13-25-17-8-6-16(24-4)7-9-17/h6-9,14H,5,10-13H2,1-4H3,(H,20,21). The van der Waals surface area contributed by atoms with Crippen molar-refractivity contribution in [1.82, 2.24) is 15.2 Å². The molecule has 2 rings (SSSR count). The number of aliphatic imine (C=N–C) groups is 1. The van der Waals surface area contributed by atoms with Gasteiger partial charge in [0.25, 0.3) is 0 Å². The van der Waals surface area contributed by atoms with E-state index in [4.69, 9.17) is 14.5 Å². The number of thiazole rings is 1. The molecule has 0 fully saturated rings. The Morgan fingerprint density at radius 2 is 2.00 bits per heavy atom. The molecule has 1 N–H and O–H groups in total. The van der Waals surface area contributed by atoms with Gasteiger partial charge in [-0.25, -0.2) is 4.98 Å². The number of guanidine groups is 1. The lowest BCUT2D eigenvalue weighted by molar-refractivity contribution is 0.281. The number of ether oxygens (including phenoxy) is 2. The van der Waals surface area contributed by atoms with Crippen molar-refractivity contribution in [2.24, 2.45) is 4.99 Å². The van der Waals surface area contributed by atoms with Gasteiger partial charge in [0.2, 0.25) is 0 Å². The van der Waals surface area contributed by atoms with Crippen molar-refractivity contribution in [3.8, 4) is 11.5 Å². The number of nitrogens with zero attached hydrogens (tertiary/aromatic N) is 3. The molecule has 0 unspecified atom stereocenters. The lowest BCUT2D eigenvalue weighted by Gasteiger charge is -2.22. The van der Waals surface area contributed by atoms with E-state index in [-0.39, 0.29) is 0 Å². The monoisotopic (exact) mass is 376 g/mol. The first-order valence-corrected chi connectivity index (χ1v) is 9.61. The quantitative estimate of drug-likeness (QED) is 0.539. The first-order chi connectivity index (χ1) is 12.6. The molecule has 26 heavy (non-hydrogen) atoms. The topological polar surface area (TPSA) is 59.0 Å². The molecule has 0 radical (unpaired) electrons. The molecule has 0 spiro atoms. The molecule has 6 nitrogen and oxygen atoms in total. The van der Waals surface area contributed by atoms with Gasteiger partial charge in [0, 0.05) is 37.6 Å². The van der Waals surface area contributed by atoms with Crippen molar-refractivity contribution < 1.29 is 9.47 Å². The average Bonchev–Trinajstić information content (AvgIpc) is 3.06. The summed E-state index contributed by atoms with van der Waals surface area (Å²) in [7, 11) is 3.68. The number of aromatic nitrogens is 1. The van der Waals surface area contributed by atoms with Gasteiger partial charge in [-0.1, -0.05) is 0 Å². The van der Waals surface area contributed by atoms with Crippen molar-refractivity contribution in [2.45, 2.75) is 20.3 Å². The lowest BCUT2D eigenvalue weighted by atomic mass is 10.3. The molecule has 0 aliphatic rings. The first-order valence-electron chi connectivity index (χ1n) is 8.80. The third-order valence-corrected chi connectivity index (χ3v) is 4.68. The van der Waals surface area contributed by atoms with Gasteiger partial charge in [0.05, 0.1) is 18.7 Å². The predicted molar refractivity (Wildman–Crippen MR) is 108 cm³/mol. The van der Waals surface area contributed by atoms with Crippen molar-refractivity contribution >= 4 is 17.3 Å². The van der Waals surface area contributed by atoms with Gasteiger partial charge in [-0.15, -0.1) is 11.3 Å². The van der Waals surface area contributed by atoms with Crippen LogP contribution in [0.1, 0.15) is 16.8 Å². The summed E-state index contributed by atoms with van der Waals surface area (Å²) in [6.07, 6.45) is 2.78. The Kier molecular flexibility index (Phi) is 8.21. The fourth-order valence-corrected chi connectivity index (χ4v) is 3.10. The van der Waals surface area contributed by atoms with Crippen molar-refractivity contribution in [2.75, 3.05) is 40.4 Å². The molecular formula is C19H28N4O2S. The SMILES string of the molecule is CCNC(=NCCc1ncc(C)s1)N(C)CCOc1ccc(OC)cc1. The average molecular weight is 377 g/mol. The highest BCUT2D eigenvalue weighted by atomic mass is 32.1. The van der Waals surface area contributed by atoms with Crippen LogP contribution in [0.5, 0.6) is 11.5 Å². The van der Waals surface area contributed by atoms with Crippen LogP contribution < -0.4 is 14.8 Å². The molecule has 142 valence electrons. The molecule has 1 aromatic carbocycles. The summed E-state index contributed by atoms with van der Waals surface area (Å²) in [5.74, 6) is 2.55. The molecule has 0 aliphatic heterocycles. The number of likely N-dealkylation sites (N-methyl/N-ethyl adjacent to an activating group) is 1. The fourth-order valence-electron chi connectivity index (χ4n) is 2.32. The lowest BCUT2D eigenvalue weighted by Crippen LogP contribution is -2.41. The Balaban J connectivity index is 1.80. The third-order valence-electron chi connectivity index (χ3n) is 3.71. The van der Waals surface area contributed by atoms with E-state index in [1.54, 1.807) is 18.4 Å². The third kappa shape index (κ3) is 6.55. The number of methoxy groups -OCH3 is 1. The van der Waals surface area contributed by atoms with E-state index in [1.807, 2.05) is 37.5 Å². The van der Waals surface area contributed by atoms with Gasteiger partial charge in [-0.05, 0) is 38.1 Å². The highest BCUT2D eigenvalue weighted by Crippen LogP contribution is 2.16. The second-order valence-corrected chi connectivity index (χ2v) is 7.12. The van der Waals surface area contributed by atoms with Crippen LogP contribution in [0.4, 0.5) is 0 Å². The molecule has 2 aromatic rings. The zero-order chi connectivity index (χ0) is 18.8. The second-order valence-electron chi connectivity index (χ2n) is 5.80. The van der Waals surface area contributed by atoms with E-state index < -0.39 is 0 Å². The van der Waals surface area contributed by atoms with Crippen molar-refractivity contribution in [3.63, 3.8) is 0 Å². The Hall–Kier alpha value is -2.28. The Morgan fingerprint density at radius 1 is 1.27 bits per heavy atom. The van der Waals surface area contributed by atoms with E-state index in [0.29, 0.717) is 6.61 Å². The maximum atomic E-state index is 5.79. The predicted octanol–water partition coefficient (Wildman–Crippen LogP) is 2.98. The number of hydrogen-bond acceptors (Lipinski definition) is 5. The van der Waals surface area contributed by atoms with E-state index in [1.165, 1.54) is 4.88 Å². The zero-order valence-corrected chi connectivity index (χ0v) is 16.8. The molecule has 1 heterocycles. The summed E-state index contributed by atoms with van der Waals surface area (Å²) in [4.78, 5) is 12.4. The summed E-state index contributed by atoms with van der Waals surface area (Å²) in [5.41, 5.74) is 0. The van der Waals surface area contributed by atoms with Crippen LogP contribution >= 0.6 is 11.3 Å². The first kappa shape index (κ1) is 20.0. The Labute approximate surface area is 159 Å². The zero-order valence-electron chi connectivity index (χ0n) is 16.0. The molecule has 7 heteroatoms. The number of rotatable bonds is 9. The molecule has 0 bridgehead atoms. The maximum absolute atomic E-state index is 5.79. The Bertz CT molecular complexity index is 685. The van der Waals surface area contributed by atoms with Crippen molar-refractivity contribution in [3.05, 3.63) is 40.3 Å². The number of nitrogens with one attached hydrogen (secondary N) is 1. The van der Waals surface area contributed by atoms with Gasteiger partial charge >= 0.3 is 0 Å². The second kappa shape index (κ2) is 10.7. The highest BCUT2D eigenvalue weighted by molar-refractivity contribution is 7.11. The molecule has 1 aromatic heterocycles. The maximum Gasteiger partial charge on any atom is 0.193 e. The van der Waals surface area contributed by atoms with E-state index >= 15 is 0 Å². The summed E-state index contributed by atoms with van der Waals surface area (Å²) in [6.45, 7) is 7.03. The smallest absolute Gasteiger partial charge is 0.193 e. The van der Waals surface area contributed by atoms with Gasteiger partial charge < -0.3 is 19.7 Å². The minimum atomic E-state index is 0.582. The van der Waals surface area contributed by atoms with Crippen LogP contribution in [0.3, 0.4) is 0 Å². The Morgan fingerprint density at radius 3 is 2.62 bits per heavy atom. The summed E-state index contributed by atoms with van der Waals surface area (Å²) in [5, 5.41) is 4.46. The minimum Gasteiger partial charge on any atom is -0.497 e. The van der Waals surface area contributed by atoms with Crippen LogP contribution in [0.25, 0.3) is 0 Å². The van der Waals surface area contributed by atoms with Crippen LogP contribution in [0, 0.1) is 6.92 Å². The normalized spacial score (nSPS) is 11.3. The van der Waals surface area contributed by atoms with Crippen LogP contribution in [-0.4, -0.2) is 56.2 Å². The van der Waals surface area contributed by atoms with Crippen LogP contribution in [0.2, 0.25) is 0 Å². The van der Waals surface area contributed by atoms with E-state index in [0.717, 1.165) is 48.5 Å². The molecule has 0 saturated carbocycles. The molecular weight excluding hydrogens is 348 g/mol. The number of benzene rings is 1. The summed E-state index contributed by atoms with van der Waals surface area (Å²) >= 11 is 1.73. The van der Waals surface area contributed by atoms with Crippen molar-refractivity contribution in [1.29, 1.82) is 0 Å². The van der Waals surface area contributed by atoms with Gasteiger partial charge in [-0.3, -0.25) is 4.99 Å². The largest absolute Gasteiger partial charge is 0.497 e. The molecule has 0 atom stereocenters. The molecule has 0 aliphatic carbocycles. The summed E-state index contributed by atoms with van der Waals surface area (Å²) in [6, 6.07) is 7.61. The molecule has 0 amide bonds. The summed E-state index contributed by atoms with van der Waals surface area (Å²) < 4.78 is 10.9. The van der Waals surface area contributed by atoms with Gasteiger partial charge in [0.15, 0.2) is 5.96 Å².